The van der Waals surface area contributed by atoms with Crippen LogP contribution in [0.4, 0.5) is 14.5 Å². The van der Waals surface area contributed by atoms with Gasteiger partial charge in [0.25, 0.3) is 0 Å². The monoisotopic (exact) mass is 576 g/mol. The molecule has 178 valence electrons. The van der Waals surface area contributed by atoms with Crippen LogP contribution in [0.2, 0.25) is 0 Å². The van der Waals surface area contributed by atoms with Crippen LogP contribution >= 0.6 is 24.0 Å². The van der Waals surface area contributed by atoms with Crippen LogP contribution in [0, 0.1) is 0 Å². The first-order chi connectivity index (χ1) is 14.3. The Labute approximate surface area is 199 Å². The van der Waals surface area contributed by atoms with Gasteiger partial charge in [-0.3, -0.25) is 4.99 Å². The fraction of sp³-hybridized carbons (Fsp3) is 0.632. The lowest BCUT2D eigenvalue weighted by Crippen LogP contribution is -2.51. The van der Waals surface area contributed by atoms with Crippen molar-refractivity contribution in [3.05, 3.63) is 24.3 Å². The van der Waals surface area contributed by atoms with Crippen molar-refractivity contribution in [1.82, 2.24) is 10.6 Å². The van der Waals surface area contributed by atoms with Crippen molar-refractivity contribution in [2.45, 2.75) is 25.5 Å². The van der Waals surface area contributed by atoms with Crippen molar-refractivity contribution in [1.29, 1.82) is 0 Å². The van der Waals surface area contributed by atoms with Crippen LogP contribution in [0.15, 0.2) is 29.3 Å². The number of guanidine groups is 1. The highest BCUT2D eigenvalue weighted by Crippen LogP contribution is 2.23. The Morgan fingerprint density at radius 3 is 2.61 bits per heavy atom. The van der Waals surface area contributed by atoms with Gasteiger partial charge in [0.05, 0.1) is 19.0 Å². The van der Waals surface area contributed by atoms with Crippen LogP contribution in [-0.4, -0.2) is 78.9 Å². The van der Waals surface area contributed by atoms with E-state index in [1.807, 2.05) is 0 Å². The number of ether oxygens (including phenoxy) is 2. The fourth-order valence-corrected chi connectivity index (χ4v) is 3.53. The Hall–Kier alpha value is -1.41. The van der Waals surface area contributed by atoms with Crippen LogP contribution in [0.5, 0.6) is 5.75 Å². The van der Waals surface area contributed by atoms with E-state index >= 15 is 0 Å². The molecule has 1 unspecified atom stereocenters. The molecule has 1 aliphatic heterocycles. The summed E-state index contributed by atoms with van der Waals surface area (Å²) in [5, 5.41) is 6.53. The molecule has 0 spiro atoms. The number of hydrogen-bond acceptors (Lipinski definition) is 6. The van der Waals surface area contributed by atoms with E-state index in [4.69, 9.17) is 4.74 Å². The van der Waals surface area contributed by atoms with E-state index in [0.29, 0.717) is 19.1 Å². The minimum Gasteiger partial charge on any atom is -0.435 e. The summed E-state index contributed by atoms with van der Waals surface area (Å²) in [6, 6.07) is 6.82. The lowest BCUT2D eigenvalue weighted by atomic mass is 10.0. The van der Waals surface area contributed by atoms with E-state index < -0.39 is 16.4 Å². The number of piperidine rings is 1. The predicted molar refractivity (Wildman–Crippen MR) is 129 cm³/mol. The van der Waals surface area contributed by atoms with Crippen molar-refractivity contribution < 1.29 is 26.7 Å². The molecule has 0 radical (unpaired) electrons. The molecule has 1 saturated heterocycles. The number of nitrogens with zero attached hydrogens (tertiary/aromatic N) is 2. The average Bonchev–Trinajstić information content (AvgIpc) is 2.69. The van der Waals surface area contributed by atoms with Gasteiger partial charge in [0.2, 0.25) is 0 Å². The number of sulfone groups is 1. The zero-order valence-corrected chi connectivity index (χ0v) is 20.9. The van der Waals surface area contributed by atoms with E-state index in [2.05, 4.69) is 25.3 Å². The number of aliphatic imine (C=N–C) groups is 1. The third kappa shape index (κ3) is 11.1. The van der Waals surface area contributed by atoms with Gasteiger partial charge >= 0.3 is 6.61 Å². The predicted octanol–water partition coefficient (Wildman–Crippen LogP) is 2.10. The minimum atomic E-state index is -3.01. The molecular weight excluding hydrogens is 545 g/mol. The second-order valence-corrected chi connectivity index (χ2v) is 9.30. The molecule has 0 aliphatic carbocycles. The normalized spacial score (nSPS) is 17.3. The van der Waals surface area contributed by atoms with Gasteiger partial charge in [-0.25, -0.2) is 8.42 Å². The van der Waals surface area contributed by atoms with E-state index in [9.17, 15) is 17.2 Å². The number of hydrogen-bond donors (Lipinski definition) is 2. The van der Waals surface area contributed by atoms with Crippen molar-refractivity contribution in [3.8, 4) is 5.75 Å². The Bertz CT molecular complexity index is 782. The number of nitrogens with one attached hydrogen (secondary N) is 2. The van der Waals surface area contributed by atoms with E-state index in [1.165, 1.54) is 6.26 Å². The summed E-state index contributed by atoms with van der Waals surface area (Å²) in [6.45, 7) is -0.145. The van der Waals surface area contributed by atoms with E-state index in [1.54, 1.807) is 31.3 Å². The molecule has 31 heavy (non-hydrogen) atoms. The zero-order chi connectivity index (χ0) is 22.0. The SMILES string of the molecule is CN=C(NCCOCCS(C)(=O)=O)NC1CCCN(c2ccc(OC(F)F)cc2)C1.I. The van der Waals surface area contributed by atoms with Crippen LogP contribution < -0.4 is 20.3 Å². The Balaban J connectivity index is 0.00000480. The van der Waals surface area contributed by atoms with Gasteiger partial charge in [0.15, 0.2) is 5.96 Å². The first-order valence-corrected chi connectivity index (χ1v) is 11.9. The maximum Gasteiger partial charge on any atom is 0.387 e. The Kier molecular flexibility index (Phi) is 12.4. The lowest BCUT2D eigenvalue weighted by molar-refractivity contribution is -0.0498. The molecule has 1 aliphatic rings. The van der Waals surface area contributed by atoms with Gasteiger partial charge in [-0.05, 0) is 37.1 Å². The van der Waals surface area contributed by atoms with Crippen LogP contribution in [0.1, 0.15) is 12.8 Å². The van der Waals surface area contributed by atoms with Crippen LogP contribution in [-0.2, 0) is 14.6 Å². The van der Waals surface area contributed by atoms with Gasteiger partial charge in [-0.1, -0.05) is 0 Å². The van der Waals surface area contributed by atoms with Crippen LogP contribution in [0.25, 0.3) is 0 Å². The highest BCUT2D eigenvalue weighted by atomic mass is 127. The summed E-state index contributed by atoms with van der Waals surface area (Å²) >= 11 is 0. The highest BCUT2D eigenvalue weighted by molar-refractivity contribution is 14.0. The number of alkyl halides is 2. The van der Waals surface area contributed by atoms with Gasteiger partial charge in [0.1, 0.15) is 15.6 Å². The molecule has 2 N–H and O–H groups in total. The third-order valence-corrected chi connectivity index (χ3v) is 5.46. The largest absolute Gasteiger partial charge is 0.435 e. The average molecular weight is 576 g/mol. The van der Waals surface area contributed by atoms with Crippen molar-refractivity contribution in [2.24, 2.45) is 4.99 Å². The number of anilines is 1. The van der Waals surface area contributed by atoms with Crippen molar-refractivity contribution in [3.63, 3.8) is 0 Å². The summed E-state index contributed by atoms with van der Waals surface area (Å²) in [5.74, 6) is 0.797. The summed E-state index contributed by atoms with van der Waals surface area (Å²) in [4.78, 5) is 6.40. The van der Waals surface area contributed by atoms with Gasteiger partial charge in [-0.15, -0.1) is 24.0 Å². The molecule has 8 nitrogen and oxygen atoms in total. The zero-order valence-electron chi connectivity index (χ0n) is 17.7. The van der Waals surface area contributed by atoms with Gasteiger partial charge in [0, 0.05) is 44.7 Å². The smallest absolute Gasteiger partial charge is 0.387 e. The summed E-state index contributed by atoms with van der Waals surface area (Å²) in [5.41, 5.74) is 0.949. The van der Waals surface area contributed by atoms with Crippen LogP contribution in [0.3, 0.4) is 0 Å². The molecule has 0 bridgehead atoms. The summed E-state index contributed by atoms with van der Waals surface area (Å²) in [7, 11) is -1.33. The van der Waals surface area contributed by atoms with Crippen molar-refractivity contribution >= 4 is 45.5 Å². The van der Waals surface area contributed by atoms with Gasteiger partial charge in [-0.2, -0.15) is 8.78 Å². The van der Waals surface area contributed by atoms with E-state index in [0.717, 1.165) is 31.6 Å². The molecule has 0 amide bonds. The molecule has 1 atom stereocenters. The Morgan fingerprint density at radius 2 is 2.00 bits per heavy atom. The molecule has 12 heteroatoms. The second kappa shape index (κ2) is 13.9. The second-order valence-electron chi connectivity index (χ2n) is 7.04. The number of rotatable bonds is 10. The highest BCUT2D eigenvalue weighted by Gasteiger charge is 2.21. The molecule has 1 aromatic carbocycles. The first-order valence-electron chi connectivity index (χ1n) is 9.79. The van der Waals surface area contributed by atoms with Crippen molar-refractivity contribution in [2.75, 3.05) is 56.8 Å². The maximum absolute atomic E-state index is 12.3. The standard InChI is InChI=1S/C19H30F2N4O4S.HI/c1-22-19(23-9-11-28-12-13-30(2,26)27)24-15-4-3-10-25(14-15)16-5-7-17(8-6-16)29-18(20)21;/h5-8,15,18H,3-4,9-14H2,1-2H3,(H2,22,23,24);1H. The quantitative estimate of drug-likeness (QED) is 0.191. The topological polar surface area (TPSA) is 92.3 Å². The molecule has 0 saturated carbocycles. The maximum atomic E-state index is 12.3. The number of benzene rings is 1. The first kappa shape index (κ1) is 27.6. The third-order valence-electron chi connectivity index (χ3n) is 4.55. The molecule has 0 aromatic heterocycles. The molecule has 1 heterocycles. The summed E-state index contributed by atoms with van der Waals surface area (Å²) < 4.78 is 56.4. The molecule has 1 aromatic rings. The minimum absolute atomic E-state index is 0. The Morgan fingerprint density at radius 1 is 1.29 bits per heavy atom. The summed E-state index contributed by atoms with van der Waals surface area (Å²) in [6.07, 6.45) is 3.15. The van der Waals surface area contributed by atoms with Gasteiger partial charge < -0.3 is 25.0 Å². The molecule has 1 fully saturated rings. The molecule has 2 rings (SSSR count). The lowest BCUT2D eigenvalue weighted by Gasteiger charge is -2.35. The van der Waals surface area contributed by atoms with E-state index in [-0.39, 0.29) is 48.1 Å². The fourth-order valence-electron chi connectivity index (χ4n) is 3.11. The number of halogens is 3. The molecular formula is C19H31F2IN4O4S.